The maximum absolute atomic E-state index is 11.8. The van der Waals surface area contributed by atoms with E-state index < -0.39 is 5.60 Å². The van der Waals surface area contributed by atoms with Crippen molar-refractivity contribution in [1.82, 2.24) is 10.3 Å². The summed E-state index contributed by atoms with van der Waals surface area (Å²) in [5.74, 6) is 0. The van der Waals surface area contributed by atoms with Crippen LogP contribution in [0, 0.1) is 0 Å². The second kappa shape index (κ2) is 7.83. The predicted molar refractivity (Wildman–Crippen MR) is 93.7 cm³/mol. The number of ether oxygens (including phenoxy) is 1. The number of rotatable bonds is 4. The van der Waals surface area contributed by atoms with Gasteiger partial charge in [-0.1, -0.05) is 11.6 Å². The van der Waals surface area contributed by atoms with E-state index in [1.165, 1.54) is 6.20 Å². The number of aldehydes is 1. The molecule has 0 unspecified atom stereocenters. The van der Waals surface area contributed by atoms with E-state index in [9.17, 15) is 9.59 Å². The third-order valence-corrected chi connectivity index (χ3v) is 4.04. The Hall–Kier alpha value is -1.82. The molecule has 0 spiro atoms. The van der Waals surface area contributed by atoms with Gasteiger partial charge in [-0.25, -0.2) is 9.78 Å². The largest absolute Gasteiger partial charge is 0.444 e. The van der Waals surface area contributed by atoms with Gasteiger partial charge in [-0.3, -0.25) is 4.79 Å². The first-order valence-corrected chi connectivity index (χ1v) is 8.51. The summed E-state index contributed by atoms with van der Waals surface area (Å²) in [6.45, 7) is 5.54. The minimum absolute atomic E-state index is 0.115. The van der Waals surface area contributed by atoms with Gasteiger partial charge in [0.25, 0.3) is 0 Å². The monoisotopic (exact) mass is 353 g/mol. The SMILES string of the molecule is CC(C)(C)OC(=O)NC1CCC(Nc2cc(Cl)ncc2C=O)CC1. The maximum Gasteiger partial charge on any atom is 0.407 e. The van der Waals surface area contributed by atoms with E-state index in [-0.39, 0.29) is 18.2 Å². The average molecular weight is 354 g/mol. The van der Waals surface area contributed by atoms with Crippen LogP contribution in [0.4, 0.5) is 10.5 Å². The third-order valence-electron chi connectivity index (χ3n) is 3.84. The Morgan fingerprint density at radius 2 is 1.92 bits per heavy atom. The summed E-state index contributed by atoms with van der Waals surface area (Å²) < 4.78 is 5.28. The highest BCUT2D eigenvalue weighted by Crippen LogP contribution is 2.25. The molecule has 0 atom stereocenters. The number of nitrogens with one attached hydrogen (secondary N) is 2. The molecule has 1 aliphatic rings. The van der Waals surface area contributed by atoms with Gasteiger partial charge < -0.3 is 15.4 Å². The molecule has 24 heavy (non-hydrogen) atoms. The highest BCUT2D eigenvalue weighted by molar-refractivity contribution is 6.29. The van der Waals surface area contributed by atoms with Crippen LogP contribution in [0.15, 0.2) is 12.3 Å². The van der Waals surface area contributed by atoms with Crippen molar-refractivity contribution < 1.29 is 14.3 Å². The summed E-state index contributed by atoms with van der Waals surface area (Å²) in [4.78, 5) is 26.8. The minimum Gasteiger partial charge on any atom is -0.444 e. The smallest absolute Gasteiger partial charge is 0.407 e. The van der Waals surface area contributed by atoms with Crippen molar-refractivity contribution >= 4 is 29.7 Å². The summed E-state index contributed by atoms with van der Waals surface area (Å²) in [7, 11) is 0. The molecule has 1 heterocycles. The molecule has 1 aliphatic carbocycles. The number of alkyl carbamates (subject to hydrolysis) is 1. The Balaban J connectivity index is 1.84. The second-order valence-electron chi connectivity index (χ2n) is 7.05. The third kappa shape index (κ3) is 5.67. The molecular formula is C17H24ClN3O3. The van der Waals surface area contributed by atoms with E-state index in [1.807, 2.05) is 20.8 Å². The number of pyridine rings is 1. The summed E-state index contributed by atoms with van der Waals surface area (Å²) >= 11 is 5.90. The van der Waals surface area contributed by atoms with Crippen molar-refractivity contribution in [1.29, 1.82) is 0 Å². The Morgan fingerprint density at radius 3 is 2.50 bits per heavy atom. The molecule has 2 N–H and O–H groups in total. The average Bonchev–Trinajstić information content (AvgIpc) is 2.47. The van der Waals surface area contributed by atoms with Crippen LogP contribution in [-0.2, 0) is 4.74 Å². The van der Waals surface area contributed by atoms with E-state index in [2.05, 4.69) is 15.6 Å². The zero-order valence-corrected chi connectivity index (χ0v) is 15.0. The van der Waals surface area contributed by atoms with Crippen LogP contribution in [0.3, 0.4) is 0 Å². The van der Waals surface area contributed by atoms with Crippen molar-refractivity contribution in [2.75, 3.05) is 5.32 Å². The normalized spacial score (nSPS) is 21.0. The van der Waals surface area contributed by atoms with Crippen LogP contribution in [0.1, 0.15) is 56.8 Å². The Morgan fingerprint density at radius 1 is 1.29 bits per heavy atom. The van der Waals surface area contributed by atoms with Gasteiger partial charge in [0.2, 0.25) is 0 Å². The Bertz CT molecular complexity index is 593. The standard InChI is InChI=1S/C17H24ClN3O3/c1-17(2,3)24-16(23)21-13-6-4-12(5-7-13)20-14-8-15(18)19-9-11(14)10-22/h8-10,12-13H,4-7H2,1-3H3,(H,19,20)(H,21,23). The molecule has 1 saturated carbocycles. The quantitative estimate of drug-likeness (QED) is 0.635. The number of amides is 1. The van der Waals surface area contributed by atoms with Crippen molar-refractivity contribution in [3.05, 3.63) is 23.0 Å². The van der Waals surface area contributed by atoms with Gasteiger partial charge in [-0.15, -0.1) is 0 Å². The summed E-state index contributed by atoms with van der Waals surface area (Å²) in [6, 6.07) is 2.01. The zero-order chi connectivity index (χ0) is 17.7. The molecule has 0 aliphatic heterocycles. The first kappa shape index (κ1) is 18.5. The number of anilines is 1. The summed E-state index contributed by atoms with van der Waals surface area (Å²) in [6.07, 6.45) is 5.34. The van der Waals surface area contributed by atoms with Gasteiger partial charge in [0.05, 0.1) is 5.56 Å². The van der Waals surface area contributed by atoms with Gasteiger partial charge in [0, 0.05) is 24.0 Å². The van der Waals surface area contributed by atoms with Gasteiger partial charge in [-0.05, 0) is 52.5 Å². The second-order valence-corrected chi connectivity index (χ2v) is 7.44. The first-order chi connectivity index (χ1) is 11.3. The fourth-order valence-electron chi connectivity index (χ4n) is 2.74. The molecule has 1 fully saturated rings. The van der Waals surface area contributed by atoms with Crippen molar-refractivity contribution in [3.8, 4) is 0 Å². The number of hydrogen-bond acceptors (Lipinski definition) is 5. The molecule has 0 saturated heterocycles. The lowest BCUT2D eigenvalue weighted by atomic mass is 9.91. The number of carbonyl (C=O) groups is 2. The molecule has 0 aromatic carbocycles. The number of carbonyl (C=O) groups excluding carboxylic acids is 2. The Kier molecular flexibility index (Phi) is 6.04. The molecule has 1 aromatic heterocycles. The lowest BCUT2D eigenvalue weighted by Gasteiger charge is -2.31. The number of hydrogen-bond donors (Lipinski definition) is 2. The van der Waals surface area contributed by atoms with Crippen LogP contribution in [0.5, 0.6) is 0 Å². The lowest BCUT2D eigenvalue weighted by molar-refractivity contribution is 0.0492. The molecule has 7 heteroatoms. The van der Waals surface area contributed by atoms with Gasteiger partial charge in [0.15, 0.2) is 6.29 Å². The molecule has 0 bridgehead atoms. The van der Waals surface area contributed by atoms with Gasteiger partial charge in [-0.2, -0.15) is 0 Å². The minimum atomic E-state index is -0.491. The topological polar surface area (TPSA) is 80.3 Å². The zero-order valence-electron chi connectivity index (χ0n) is 14.3. The molecule has 2 rings (SSSR count). The number of nitrogens with zero attached hydrogens (tertiary/aromatic N) is 1. The van der Waals surface area contributed by atoms with Crippen molar-refractivity contribution in [3.63, 3.8) is 0 Å². The van der Waals surface area contributed by atoms with Gasteiger partial charge >= 0.3 is 6.09 Å². The highest BCUT2D eigenvalue weighted by atomic mass is 35.5. The van der Waals surface area contributed by atoms with Crippen LogP contribution >= 0.6 is 11.6 Å². The fourth-order valence-corrected chi connectivity index (χ4v) is 2.89. The number of aromatic nitrogens is 1. The summed E-state index contributed by atoms with van der Waals surface area (Å²) in [5.41, 5.74) is 0.705. The maximum atomic E-state index is 11.8. The molecule has 0 radical (unpaired) electrons. The van der Waals surface area contributed by atoms with Crippen LogP contribution in [0.2, 0.25) is 5.15 Å². The lowest BCUT2D eigenvalue weighted by Crippen LogP contribution is -2.42. The predicted octanol–water partition coefficient (Wildman–Crippen LogP) is 3.80. The van der Waals surface area contributed by atoms with Gasteiger partial charge in [0.1, 0.15) is 10.8 Å². The highest BCUT2D eigenvalue weighted by Gasteiger charge is 2.25. The first-order valence-electron chi connectivity index (χ1n) is 8.13. The molecule has 1 amide bonds. The van der Waals surface area contributed by atoms with E-state index in [4.69, 9.17) is 16.3 Å². The van der Waals surface area contributed by atoms with E-state index >= 15 is 0 Å². The molecule has 132 valence electrons. The van der Waals surface area contributed by atoms with E-state index in [1.54, 1.807) is 6.07 Å². The number of halogens is 1. The molecular weight excluding hydrogens is 330 g/mol. The molecule has 6 nitrogen and oxygen atoms in total. The summed E-state index contributed by atoms with van der Waals surface area (Å²) in [5, 5.41) is 6.62. The van der Waals surface area contributed by atoms with E-state index in [0.29, 0.717) is 16.4 Å². The Labute approximate surface area is 147 Å². The van der Waals surface area contributed by atoms with Crippen LogP contribution < -0.4 is 10.6 Å². The molecule has 1 aromatic rings. The van der Waals surface area contributed by atoms with Crippen LogP contribution in [-0.4, -0.2) is 35.0 Å². The van der Waals surface area contributed by atoms with Crippen molar-refractivity contribution in [2.24, 2.45) is 0 Å². The van der Waals surface area contributed by atoms with Crippen molar-refractivity contribution in [2.45, 2.75) is 64.1 Å². The van der Waals surface area contributed by atoms with E-state index in [0.717, 1.165) is 32.0 Å². The fraction of sp³-hybridized carbons (Fsp3) is 0.588. The van der Waals surface area contributed by atoms with Crippen LogP contribution in [0.25, 0.3) is 0 Å².